The van der Waals surface area contributed by atoms with Gasteiger partial charge in [-0.2, -0.15) is 4.80 Å². The van der Waals surface area contributed by atoms with Crippen molar-refractivity contribution < 1.29 is 9.18 Å². The van der Waals surface area contributed by atoms with Gasteiger partial charge in [-0.05, 0) is 85.1 Å². The lowest BCUT2D eigenvalue weighted by Gasteiger charge is -2.32. The van der Waals surface area contributed by atoms with Crippen molar-refractivity contribution in [3.63, 3.8) is 0 Å². The molecule has 2 fully saturated rings. The summed E-state index contributed by atoms with van der Waals surface area (Å²) in [6.45, 7) is 5.20. The number of fused-ring (bicyclic) bond motifs is 1. The zero-order valence-corrected chi connectivity index (χ0v) is 20.3. The number of halogens is 1. The molecular weight excluding hydrogens is 458 g/mol. The van der Waals surface area contributed by atoms with Crippen LogP contribution in [-0.4, -0.2) is 79.9 Å². The van der Waals surface area contributed by atoms with Crippen LogP contribution in [0.4, 0.5) is 9.18 Å². The van der Waals surface area contributed by atoms with Gasteiger partial charge >= 0.3 is 6.03 Å². The van der Waals surface area contributed by atoms with Gasteiger partial charge in [-0.15, -0.1) is 10.2 Å². The highest BCUT2D eigenvalue weighted by molar-refractivity contribution is 5.89. The Labute approximate surface area is 208 Å². The molecule has 0 atom stereocenters. The van der Waals surface area contributed by atoms with Crippen molar-refractivity contribution >= 4 is 16.9 Å². The van der Waals surface area contributed by atoms with Gasteiger partial charge in [0.15, 0.2) is 0 Å². The molecule has 2 aliphatic rings. The summed E-state index contributed by atoms with van der Waals surface area (Å²) in [7, 11) is 1.76. The molecule has 0 saturated carbocycles. The maximum atomic E-state index is 13.6. The van der Waals surface area contributed by atoms with E-state index in [4.69, 9.17) is 0 Å². The van der Waals surface area contributed by atoms with E-state index in [0.717, 1.165) is 74.3 Å². The molecule has 2 aromatic carbocycles. The normalized spacial score (nSPS) is 17.3. The molecule has 4 aromatic rings. The van der Waals surface area contributed by atoms with Crippen LogP contribution >= 0.6 is 0 Å². The van der Waals surface area contributed by atoms with E-state index in [9.17, 15) is 9.18 Å². The maximum absolute atomic E-state index is 13.6. The fourth-order valence-corrected chi connectivity index (χ4v) is 5.39. The first-order valence-electron chi connectivity index (χ1n) is 12.5. The molecule has 10 heteroatoms. The number of likely N-dealkylation sites (tertiary alicyclic amines) is 1. The number of amides is 2. The van der Waals surface area contributed by atoms with Gasteiger partial charge in [-0.3, -0.25) is 0 Å². The molecule has 2 amide bonds. The Morgan fingerprint density at radius 2 is 1.86 bits per heavy atom. The second kappa shape index (κ2) is 9.34. The SMILES string of the molecule is [11CH3]n1nnc(-c2ccc3c(c2)c(C2CCN(CCN4CCNC4=O)CC2)cn3-c2ccc(F)cc2)n1. The fourth-order valence-electron chi connectivity index (χ4n) is 5.39. The van der Waals surface area contributed by atoms with Gasteiger partial charge in [0, 0.05) is 49.0 Å². The Balaban J connectivity index is 1.28. The van der Waals surface area contributed by atoms with E-state index in [1.807, 2.05) is 23.1 Å². The number of nitrogens with zero attached hydrogens (tertiary/aromatic N) is 7. The summed E-state index contributed by atoms with van der Waals surface area (Å²) in [5, 5.41) is 16.6. The first-order chi connectivity index (χ1) is 17.5. The number of aromatic nitrogens is 5. The number of aryl methyl sites for hydroxylation is 1. The number of nitrogens with one attached hydrogen (secondary N) is 1. The molecule has 2 aliphatic heterocycles. The topological polar surface area (TPSA) is 84.1 Å². The predicted octanol–water partition coefficient (Wildman–Crippen LogP) is 3.16. The van der Waals surface area contributed by atoms with Crippen LogP contribution in [-0.2, 0) is 7.05 Å². The minimum Gasteiger partial charge on any atom is -0.336 e. The van der Waals surface area contributed by atoms with Crippen molar-refractivity contribution in [3.8, 4) is 17.1 Å². The molecule has 2 saturated heterocycles. The van der Waals surface area contributed by atoms with Crippen molar-refractivity contribution in [2.24, 2.45) is 7.05 Å². The van der Waals surface area contributed by atoms with Crippen LogP contribution in [0.25, 0.3) is 28.0 Å². The molecule has 186 valence electrons. The third-order valence-electron chi connectivity index (χ3n) is 7.37. The standard InChI is InChI=1S/C26H29FN8O/c1-32-30-25(29-31-32)19-2-7-24-22(16-19)23(17-35(24)21-5-3-20(27)4-6-21)18-8-11-33(12-9-18)14-15-34-13-10-28-26(34)36/h2-7,16-18H,8-15H2,1H3,(H,28,36)/i1-1. The Morgan fingerprint density at radius 1 is 1.06 bits per heavy atom. The second-order valence-electron chi connectivity index (χ2n) is 9.60. The number of urea groups is 1. The van der Waals surface area contributed by atoms with Crippen LogP contribution in [0.2, 0.25) is 0 Å². The van der Waals surface area contributed by atoms with Gasteiger partial charge in [0.05, 0.1) is 12.6 Å². The van der Waals surface area contributed by atoms with Crippen LogP contribution in [0.1, 0.15) is 24.3 Å². The van der Waals surface area contributed by atoms with Gasteiger partial charge in [0.1, 0.15) is 5.82 Å². The summed E-state index contributed by atoms with van der Waals surface area (Å²) < 4.78 is 15.8. The number of piperidine rings is 1. The van der Waals surface area contributed by atoms with Crippen molar-refractivity contribution in [2.75, 3.05) is 39.3 Å². The fraction of sp³-hybridized carbons (Fsp3) is 0.385. The number of hydrogen-bond donors (Lipinski definition) is 1. The van der Waals surface area contributed by atoms with Gasteiger partial charge in [-0.25, -0.2) is 9.18 Å². The average Bonchev–Trinajstić information content (AvgIpc) is 3.62. The second-order valence-corrected chi connectivity index (χ2v) is 9.60. The maximum Gasteiger partial charge on any atom is 0.317 e. The van der Waals surface area contributed by atoms with E-state index in [0.29, 0.717) is 11.7 Å². The molecular formula is C26H29FN8O. The third-order valence-corrected chi connectivity index (χ3v) is 7.37. The quantitative estimate of drug-likeness (QED) is 0.452. The summed E-state index contributed by atoms with van der Waals surface area (Å²) in [5.41, 5.74) is 4.22. The minimum atomic E-state index is -0.245. The summed E-state index contributed by atoms with van der Waals surface area (Å²) in [5.74, 6) is 0.761. The zero-order valence-electron chi connectivity index (χ0n) is 20.3. The molecule has 0 bridgehead atoms. The molecule has 2 aromatic heterocycles. The van der Waals surface area contributed by atoms with Crippen molar-refractivity contribution in [3.05, 3.63) is 60.0 Å². The summed E-state index contributed by atoms with van der Waals surface area (Å²) in [4.78, 5) is 17.6. The molecule has 6 rings (SSSR count). The van der Waals surface area contributed by atoms with Crippen LogP contribution in [0.5, 0.6) is 0 Å². The highest BCUT2D eigenvalue weighted by Crippen LogP contribution is 2.37. The molecule has 0 spiro atoms. The highest BCUT2D eigenvalue weighted by atomic mass is 19.1. The summed E-state index contributed by atoms with van der Waals surface area (Å²) in [6, 6.07) is 12.9. The molecule has 0 radical (unpaired) electrons. The van der Waals surface area contributed by atoms with Gasteiger partial charge < -0.3 is 19.7 Å². The largest absolute Gasteiger partial charge is 0.336 e. The Kier molecular flexibility index (Phi) is 5.88. The minimum absolute atomic E-state index is 0.0480. The van der Waals surface area contributed by atoms with Crippen molar-refractivity contribution in [2.45, 2.75) is 18.8 Å². The van der Waals surface area contributed by atoms with Crippen LogP contribution in [0, 0.1) is 5.82 Å². The first-order valence-corrected chi connectivity index (χ1v) is 12.5. The van der Waals surface area contributed by atoms with E-state index in [1.165, 1.54) is 22.5 Å². The zero-order chi connectivity index (χ0) is 24.6. The lowest BCUT2D eigenvalue weighted by molar-refractivity contribution is 0.181. The van der Waals surface area contributed by atoms with E-state index >= 15 is 0 Å². The number of carbonyl (C=O) groups is 1. The third kappa shape index (κ3) is 4.32. The highest BCUT2D eigenvalue weighted by Gasteiger charge is 2.26. The van der Waals surface area contributed by atoms with E-state index < -0.39 is 0 Å². The van der Waals surface area contributed by atoms with Crippen LogP contribution < -0.4 is 5.32 Å². The summed E-state index contributed by atoms with van der Waals surface area (Å²) >= 11 is 0. The van der Waals surface area contributed by atoms with Gasteiger partial charge in [-0.1, -0.05) is 0 Å². The van der Waals surface area contributed by atoms with E-state index in [2.05, 4.69) is 48.5 Å². The predicted molar refractivity (Wildman–Crippen MR) is 134 cm³/mol. The van der Waals surface area contributed by atoms with Gasteiger partial charge in [0.2, 0.25) is 5.82 Å². The molecule has 0 aliphatic carbocycles. The average molecular weight is 488 g/mol. The monoisotopic (exact) mass is 487 g/mol. The van der Waals surface area contributed by atoms with Gasteiger partial charge in [0.25, 0.3) is 0 Å². The number of rotatable bonds is 6. The van der Waals surface area contributed by atoms with Crippen LogP contribution in [0.15, 0.2) is 48.7 Å². The Bertz CT molecular complexity index is 1390. The first kappa shape index (κ1) is 22.7. The Hall–Kier alpha value is -3.79. The van der Waals surface area contributed by atoms with Crippen LogP contribution in [0.3, 0.4) is 0 Å². The number of tetrazole rings is 1. The molecule has 36 heavy (non-hydrogen) atoms. The van der Waals surface area contributed by atoms with Crippen molar-refractivity contribution in [1.29, 1.82) is 0 Å². The molecule has 9 nitrogen and oxygen atoms in total. The molecule has 0 unspecified atom stereocenters. The smallest absolute Gasteiger partial charge is 0.317 e. The summed E-state index contributed by atoms with van der Waals surface area (Å²) in [6.07, 6.45) is 4.30. The lowest BCUT2D eigenvalue weighted by Crippen LogP contribution is -2.40. The lowest BCUT2D eigenvalue weighted by atomic mass is 9.89. The number of hydrogen-bond acceptors (Lipinski definition) is 5. The number of benzene rings is 2. The molecule has 1 N–H and O–H groups in total. The number of carbonyl (C=O) groups excluding carboxylic acids is 1. The Morgan fingerprint density at radius 3 is 2.56 bits per heavy atom. The van der Waals surface area contributed by atoms with E-state index in [1.54, 1.807) is 7.05 Å². The van der Waals surface area contributed by atoms with Crippen molar-refractivity contribution in [1.82, 2.24) is 39.9 Å². The molecule has 4 heterocycles. The van der Waals surface area contributed by atoms with E-state index in [-0.39, 0.29) is 11.8 Å².